The Morgan fingerprint density at radius 1 is 1.30 bits per heavy atom. The van der Waals surface area contributed by atoms with Crippen molar-refractivity contribution in [1.82, 2.24) is 5.32 Å². The molecule has 0 spiro atoms. The molecule has 0 aliphatic carbocycles. The number of ether oxygens (including phenoxy) is 2. The van der Waals surface area contributed by atoms with E-state index in [2.05, 4.69) is 5.32 Å². The summed E-state index contributed by atoms with van der Waals surface area (Å²) in [6.45, 7) is 4.21. The second-order valence-electron chi connectivity index (χ2n) is 4.21. The zero-order valence-electron chi connectivity index (χ0n) is 12.1. The van der Waals surface area contributed by atoms with E-state index in [4.69, 9.17) is 9.47 Å². The van der Waals surface area contributed by atoms with Gasteiger partial charge in [-0.2, -0.15) is 0 Å². The van der Waals surface area contributed by atoms with Crippen LogP contribution in [0.1, 0.15) is 13.8 Å². The van der Waals surface area contributed by atoms with Crippen molar-refractivity contribution in [3.8, 4) is 11.5 Å². The molecule has 0 radical (unpaired) electrons. The molecule has 1 unspecified atom stereocenters. The fourth-order valence-corrected chi connectivity index (χ4v) is 1.53. The predicted octanol–water partition coefficient (Wildman–Crippen LogP) is 2.71. The summed E-state index contributed by atoms with van der Waals surface area (Å²) < 4.78 is 10.9. The van der Waals surface area contributed by atoms with Gasteiger partial charge in [0.15, 0.2) is 11.5 Å². The standard InChI is InChI=1S/C16H21NO3/c1-4-5-6-11-16(18)17-12-13(2)20-15-10-8-7-9-14(15)19-3/h4-11,13H,12H2,1-3H3,(H,17,18). The van der Waals surface area contributed by atoms with Gasteiger partial charge in [-0.3, -0.25) is 4.79 Å². The fraction of sp³-hybridized carbons (Fsp3) is 0.312. The van der Waals surface area contributed by atoms with Crippen LogP contribution in [0, 0.1) is 0 Å². The number of methoxy groups -OCH3 is 1. The fourth-order valence-electron chi connectivity index (χ4n) is 1.53. The summed E-state index contributed by atoms with van der Waals surface area (Å²) in [5, 5.41) is 2.77. The lowest BCUT2D eigenvalue weighted by atomic mass is 10.3. The summed E-state index contributed by atoms with van der Waals surface area (Å²) in [4.78, 5) is 11.5. The van der Waals surface area contributed by atoms with E-state index in [1.807, 2.05) is 44.2 Å². The van der Waals surface area contributed by atoms with Crippen LogP contribution in [-0.4, -0.2) is 25.7 Å². The number of hydrogen-bond donors (Lipinski definition) is 1. The van der Waals surface area contributed by atoms with Crippen LogP contribution >= 0.6 is 0 Å². The van der Waals surface area contributed by atoms with Gasteiger partial charge >= 0.3 is 0 Å². The van der Waals surface area contributed by atoms with Crippen molar-refractivity contribution < 1.29 is 14.3 Å². The Bertz CT molecular complexity index is 480. The van der Waals surface area contributed by atoms with Gasteiger partial charge in [0.1, 0.15) is 6.10 Å². The van der Waals surface area contributed by atoms with Crippen LogP contribution in [0.15, 0.2) is 48.6 Å². The molecule has 1 aromatic carbocycles. The van der Waals surface area contributed by atoms with E-state index < -0.39 is 0 Å². The van der Waals surface area contributed by atoms with Crippen LogP contribution in [0.4, 0.5) is 0 Å². The van der Waals surface area contributed by atoms with E-state index in [0.29, 0.717) is 18.0 Å². The van der Waals surface area contributed by atoms with Crippen LogP contribution in [0.25, 0.3) is 0 Å². The van der Waals surface area contributed by atoms with E-state index >= 15 is 0 Å². The van der Waals surface area contributed by atoms with Crippen LogP contribution in [0.2, 0.25) is 0 Å². The number of carbonyl (C=O) groups excluding carboxylic acids is 1. The van der Waals surface area contributed by atoms with Gasteiger partial charge in [0.05, 0.1) is 13.7 Å². The molecule has 0 heterocycles. The van der Waals surface area contributed by atoms with Crippen molar-refractivity contribution in [2.45, 2.75) is 20.0 Å². The van der Waals surface area contributed by atoms with Gasteiger partial charge in [0, 0.05) is 6.08 Å². The van der Waals surface area contributed by atoms with Gasteiger partial charge in [-0.1, -0.05) is 30.4 Å². The summed E-state index contributed by atoms with van der Waals surface area (Å²) in [5.74, 6) is 1.21. The second-order valence-corrected chi connectivity index (χ2v) is 4.21. The van der Waals surface area contributed by atoms with E-state index in [1.165, 1.54) is 6.08 Å². The minimum atomic E-state index is -0.148. The number of carbonyl (C=O) groups is 1. The summed E-state index contributed by atoms with van der Waals surface area (Å²) in [5.41, 5.74) is 0. The lowest BCUT2D eigenvalue weighted by molar-refractivity contribution is -0.116. The number of amides is 1. The molecule has 1 amide bonds. The quantitative estimate of drug-likeness (QED) is 0.615. The van der Waals surface area contributed by atoms with Crippen molar-refractivity contribution in [2.75, 3.05) is 13.7 Å². The van der Waals surface area contributed by atoms with Gasteiger partial charge in [-0.15, -0.1) is 0 Å². The van der Waals surface area contributed by atoms with E-state index in [1.54, 1.807) is 19.3 Å². The third-order valence-corrected chi connectivity index (χ3v) is 2.51. The Hall–Kier alpha value is -2.23. The highest BCUT2D eigenvalue weighted by atomic mass is 16.5. The van der Waals surface area contributed by atoms with Crippen LogP contribution in [0.3, 0.4) is 0 Å². The smallest absolute Gasteiger partial charge is 0.244 e. The first-order valence-electron chi connectivity index (χ1n) is 6.54. The Balaban J connectivity index is 2.44. The monoisotopic (exact) mass is 275 g/mol. The average molecular weight is 275 g/mol. The Labute approximate surface area is 120 Å². The number of rotatable bonds is 7. The summed E-state index contributed by atoms with van der Waals surface area (Å²) in [7, 11) is 1.60. The molecule has 1 rings (SSSR count). The van der Waals surface area contributed by atoms with Crippen molar-refractivity contribution in [3.63, 3.8) is 0 Å². The van der Waals surface area contributed by atoms with E-state index in [9.17, 15) is 4.79 Å². The van der Waals surface area contributed by atoms with Crippen LogP contribution < -0.4 is 14.8 Å². The van der Waals surface area contributed by atoms with E-state index in [0.717, 1.165) is 0 Å². The first kappa shape index (κ1) is 15.8. The molecule has 1 N–H and O–H groups in total. The SMILES string of the molecule is CC=CC=CC(=O)NCC(C)Oc1ccccc1OC. The molecule has 0 aliphatic heterocycles. The molecular formula is C16H21NO3. The molecule has 1 aromatic rings. The van der Waals surface area contributed by atoms with Gasteiger partial charge in [0.25, 0.3) is 0 Å². The minimum Gasteiger partial charge on any atom is -0.493 e. The number of benzene rings is 1. The molecule has 0 fully saturated rings. The second kappa shape index (κ2) is 8.80. The Morgan fingerprint density at radius 2 is 2.00 bits per heavy atom. The molecule has 20 heavy (non-hydrogen) atoms. The summed E-state index contributed by atoms with van der Waals surface area (Å²) in [6, 6.07) is 7.43. The molecule has 0 saturated heterocycles. The third-order valence-electron chi connectivity index (χ3n) is 2.51. The molecule has 0 aliphatic rings. The molecule has 0 bridgehead atoms. The Kier molecular flexibility index (Phi) is 6.96. The highest BCUT2D eigenvalue weighted by Crippen LogP contribution is 2.26. The van der Waals surface area contributed by atoms with Gasteiger partial charge in [0.2, 0.25) is 5.91 Å². The Morgan fingerprint density at radius 3 is 2.65 bits per heavy atom. The molecule has 108 valence electrons. The highest BCUT2D eigenvalue weighted by Gasteiger charge is 2.08. The maximum absolute atomic E-state index is 11.5. The normalized spacial score (nSPS) is 12.6. The zero-order valence-corrected chi connectivity index (χ0v) is 12.1. The largest absolute Gasteiger partial charge is 0.493 e. The maximum Gasteiger partial charge on any atom is 0.244 e. The zero-order chi connectivity index (χ0) is 14.8. The molecular weight excluding hydrogens is 254 g/mol. The number of nitrogens with one attached hydrogen (secondary N) is 1. The van der Waals surface area contributed by atoms with Crippen LogP contribution in [-0.2, 0) is 4.79 Å². The third kappa shape index (κ3) is 5.61. The number of para-hydroxylation sites is 2. The molecule has 1 atom stereocenters. The summed E-state index contributed by atoms with van der Waals surface area (Å²) in [6.07, 6.45) is 6.69. The number of allylic oxidation sites excluding steroid dienone is 3. The van der Waals surface area contributed by atoms with Crippen molar-refractivity contribution in [3.05, 3.63) is 48.6 Å². The van der Waals surface area contributed by atoms with E-state index in [-0.39, 0.29) is 12.0 Å². The minimum absolute atomic E-state index is 0.140. The predicted molar refractivity (Wildman–Crippen MR) is 80.0 cm³/mol. The lowest BCUT2D eigenvalue weighted by Crippen LogP contribution is -2.32. The van der Waals surface area contributed by atoms with Gasteiger partial charge in [-0.25, -0.2) is 0 Å². The average Bonchev–Trinajstić information content (AvgIpc) is 2.46. The topological polar surface area (TPSA) is 47.6 Å². The van der Waals surface area contributed by atoms with Gasteiger partial charge < -0.3 is 14.8 Å². The van der Waals surface area contributed by atoms with Crippen molar-refractivity contribution in [1.29, 1.82) is 0 Å². The number of hydrogen-bond acceptors (Lipinski definition) is 3. The molecule has 0 aromatic heterocycles. The van der Waals surface area contributed by atoms with Crippen LogP contribution in [0.5, 0.6) is 11.5 Å². The van der Waals surface area contributed by atoms with Crippen molar-refractivity contribution in [2.24, 2.45) is 0 Å². The highest BCUT2D eigenvalue weighted by molar-refractivity contribution is 5.87. The first-order valence-corrected chi connectivity index (χ1v) is 6.54. The molecule has 4 heteroatoms. The summed E-state index contributed by atoms with van der Waals surface area (Å²) >= 11 is 0. The maximum atomic E-state index is 11.5. The molecule has 4 nitrogen and oxygen atoms in total. The van der Waals surface area contributed by atoms with Crippen molar-refractivity contribution >= 4 is 5.91 Å². The molecule has 0 saturated carbocycles. The first-order chi connectivity index (χ1) is 9.67. The lowest BCUT2D eigenvalue weighted by Gasteiger charge is -2.16. The van der Waals surface area contributed by atoms with Gasteiger partial charge in [-0.05, 0) is 26.0 Å².